The molecule has 0 spiro atoms. The van der Waals surface area contributed by atoms with Gasteiger partial charge in [-0.3, -0.25) is 0 Å². The fraction of sp³-hybridized carbons (Fsp3) is 1.00. The summed E-state index contributed by atoms with van der Waals surface area (Å²) in [6.45, 7) is 9.82. The summed E-state index contributed by atoms with van der Waals surface area (Å²) in [6, 6.07) is 0. The van der Waals surface area contributed by atoms with Crippen LogP contribution in [0.3, 0.4) is 0 Å². The average Bonchev–Trinajstić information content (AvgIpc) is 2.54. The van der Waals surface area contributed by atoms with Crippen molar-refractivity contribution in [1.82, 2.24) is 0 Å². The number of likely N-dealkylation sites (N-methyl/N-ethyl adjacent to an activating group) is 2. The van der Waals surface area contributed by atoms with Gasteiger partial charge in [-0.25, -0.2) is 0 Å². The van der Waals surface area contributed by atoms with Crippen molar-refractivity contribution in [2.24, 2.45) is 0 Å². The van der Waals surface area contributed by atoms with Gasteiger partial charge in [0, 0.05) is 0 Å². The van der Waals surface area contributed by atoms with E-state index in [-0.39, 0.29) is 17.0 Å². The van der Waals surface area contributed by atoms with Crippen molar-refractivity contribution >= 4 is 0 Å². The number of morpholine rings is 1. The molecule has 0 bridgehead atoms. The van der Waals surface area contributed by atoms with E-state index in [9.17, 15) is 0 Å². The fourth-order valence-electron chi connectivity index (χ4n) is 3.17. The summed E-state index contributed by atoms with van der Waals surface area (Å²) in [4.78, 5) is 0. The van der Waals surface area contributed by atoms with Crippen LogP contribution in [0.4, 0.5) is 0 Å². The van der Waals surface area contributed by atoms with Crippen LogP contribution in [0, 0.1) is 0 Å². The van der Waals surface area contributed by atoms with Crippen LogP contribution in [0.2, 0.25) is 0 Å². The van der Waals surface area contributed by atoms with E-state index in [1.807, 2.05) is 0 Å². The Kier molecular flexibility index (Phi) is 6.59. The molecule has 0 aliphatic carbocycles. The van der Waals surface area contributed by atoms with Crippen LogP contribution in [0.25, 0.3) is 0 Å². The first-order chi connectivity index (χ1) is 8.12. The minimum Gasteiger partial charge on any atom is -1.00 e. The molecule has 2 aliphatic rings. The molecule has 108 valence electrons. The van der Waals surface area contributed by atoms with Gasteiger partial charge >= 0.3 is 0 Å². The lowest BCUT2D eigenvalue weighted by Gasteiger charge is -2.41. The summed E-state index contributed by atoms with van der Waals surface area (Å²) in [6.07, 6.45) is 5.77. The van der Waals surface area contributed by atoms with E-state index >= 15 is 0 Å². The maximum absolute atomic E-state index is 5.48. The van der Waals surface area contributed by atoms with Crippen LogP contribution in [-0.4, -0.2) is 75.5 Å². The van der Waals surface area contributed by atoms with Crippen LogP contribution >= 0.6 is 0 Å². The van der Waals surface area contributed by atoms with Crippen molar-refractivity contribution in [3.63, 3.8) is 0 Å². The topological polar surface area (TPSA) is 9.23 Å². The van der Waals surface area contributed by atoms with E-state index in [2.05, 4.69) is 14.1 Å². The van der Waals surface area contributed by atoms with Gasteiger partial charge in [-0.1, -0.05) is 0 Å². The van der Waals surface area contributed by atoms with Crippen LogP contribution in [0.5, 0.6) is 0 Å². The first-order valence-corrected chi connectivity index (χ1v) is 7.37. The summed E-state index contributed by atoms with van der Waals surface area (Å²) < 4.78 is 8.03. The van der Waals surface area contributed by atoms with Gasteiger partial charge in [0.2, 0.25) is 0 Å². The molecule has 0 aromatic rings. The van der Waals surface area contributed by atoms with E-state index in [0.717, 1.165) is 13.2 Å². The molecular formula is C14H30BrN2O+. The molecule has 2 fully saturated rings. The molecule has 0 aromatic heterocycles. The van der Waals surface area contributed by atoms with E-state index < -0.39 is 0 Å². The zero-order chi connectivity index (χ0) is 12.2. The van der Waals surface area contributed by atoms with Crippen molar-refractivity contribution < 1.29 is 30.7 Å². The van der Waals surface area contributed by atoms with E-state index in [1.54, 1.807) is 0 Å². The first kappa shape index (κ1) is 16.4. The highest BCUT2D eigenvalue weighted by Crippen LogP contribution is 2.17. The van der Waals surface area contributed by atoms with Crippen LogP contribution in [-0.2, 0) is 4.74 Å². The second-order valence-corrected chi connectivity index (χ2v) is 6.61. The van der Waals surface area contributed by atoms with Crippen LogP contribution in [0.15, 0.2) is 0 Å². The van der Waals surface area contributed by atoms with Gasteiger partial charge in [-0.05, 0) is 25.7 Å². The van der Waals surface area contributed by atoms with Gasteiger partial charge < -0.3 is 30.7 Å². The minimum atomic E-state index is 0. The van der Waals surface area contributed by atoms with Gasteiger partial charge in [0.1, 0.15) is 26.2 Å². The number of hydrogen-bond acceptors (Lipinski definition) is 1. The number of halogens is 1. The number of hydrogen-bond donors (Lipinski definition) is 0. The summed E-state index contributed by atoms with van der Waals surface area (Å²) in [5.74, 6) is 0. The Labute approximate surface area is 123 Å². The summed E-state index contributed by atoms with van der Waals surface area (Å²) in [5, 5.41) is 0. The second-order valence-electron chi connectivity index (χ2n) is 6.61. The standard InChI is InChI=1S/C14H30N2O.BrH/c1-15(7-5-3-4-6-8-15)9-10-16(2)11-13-17-14-12-16;/h3-14H2,1-2H3;1H/q+2;/p-1. The Balaban J connectivity index is 0.00000162. The molecule has 3 nitrogen and oxygen atoms in total. The molecule has 4 heteroatoms. The molecule has 0 aromatic carbocycles. The van der Waals surface area contributed by atoms with Crippen LogP contribution in [0.1, 0.15) is 25.7 Å². The maximum Gasteiger partial charge on any atom is 0.128 e. The predicted molar refractivity (Wildman–Crippen MR) is 70.9 cm³/mol. The monoisotopic (exact) mass is 321 g/mol. The molecule has 0 N–H and O–H groups in total. The predicted octanol–water partition coefficient (Wildman–Crippen LogP) is -1.51. The largest absolute Gasteiger partial charge is 1.00 e. The SMILES string of the molecule is C[N+]1(CC[N+]2(C)CCOCC2)CCCCCC1.[Br-]. The molecule has 0 unspecified atom stereocenters. The van der Waals surface area contributed by atoms with Gasteiger partial charge in [0.25, 0.3) is 0 Å². The molecule has 0 saturated carbocycles. The highest BCUT2D eigenvalue weighted by Gasteiger charge is 2.30. The third-order valence-electron chi connectivity index (χ3n) is 4.88. The Morgan fingerprint density at radius 2 is 1.17 bits per heavy atom. The molecule has 2 saturated heterocycles. The Morgan fingerprint density at radius 3 is 1.67 bits per heavy atom. The van der Waals surface area contributed by atoms with Gasteiger partial charge in [0.05, 0.1) is 40.4 Å². The Morgan fingerprint density at radius 1 is 0.722 bits per heavy atom. The summed E-state index contributed by atoms with van der Waals surface area (Å²) >= 11 is 0. The Hall–Kier alpha value is 0.360. The van der Waals surface area contributed by atoms with E-state index in [1.165, 1.54) is 73.9 Å². The number of rotatable bonds is 3. The number of nitrogens with zero attached hydrogens (tertiary/aromatic N) is 2. The molecule has 18 heavy (non-hydrogen) atoms. The van der Waals surface area contributed by atoms with Gasteiger partial charge in [0.15, 0.2) is 0 Å². The highest BCUT2D eigenvalue weighted by atomic mass is 79.9. The minimum absolute atomic E-state index is 0. The summed E-state index contributed by atoms with van der Waals surface area (Å²) in [5.41, 5.74) is 0. The zero-order valence-corrected chi connectivity index (χ0v) is 13.8. The van der Waals surface area contributed by atoms with E-state index in [0.29, 0.717) is 0 Å². The lowest BCUT2D eigenvalue weighted by molar-refractivity contribution is -0.966. The van der Waals surface area contributed by atoms with Crippen molar-refractivity contribution in [2.75, 3.05) is 66.6 Å². The Bertz CT molecular complexity index is 234. The molecule has 2 aliphatic heterocycles. The van der Waals surface area contributed by atoms with Crippen molar-refractivity contribution in [2.45, 2.75) is 25.7 Å². The van der Waals surface area contributed by atoms with Crippen LogP contribution < -0.4 is 17.0 Å². The van der Waals surface area contributed by atoms with Crippen molar-refractivity contribution in [3.8, 4) is 0 Å². The van der Waals surface area contributed by atoms with Crippen molar-refractivity contribution in [1.29, 1.82) is 0 Å². The quantitative estimate of drug-likeness (QED) is 0.574. The van der Waals surface area contributed by atoms with Gasteiger partial charge in [-0.15, -0.1) is 0 Å². The third kappa shape index (κ3) is 4.80. The molecule has 0 radical (unpaired) electrons. The second kappa shape index (κ2) is 7.22. The molecule has 2 heterocycles. The number of ether oxygens (including phenoxy) is 1. The zero-order valence-electron chi connectivity index (χ0n) is 12.2. The fourth-order valence-corrected chi connectivity index (χ4v) is 3.17. The lowest BCUT2D eigenvalue weighted by Crippen LogP contribution is -3.00. The van der Waals surface area contributed by atoms with Crippen molar-refractivity contribution in [3.05, 3.63) is 0 Å². The number of likely N-dealkylation sites (tertiary alicyclic amines) is 1. The third-order valence-corrected chi connectivity index (χ3v) is 4.88. The normalized spacial score (nSPS) is 27.0. The summed E-state index contributed by atoms with van der Waals surface area (Å²) in [7, 11) is 4.88. The first-order valence-electron chi connectivity index (χ1n) is 7.37. The molecular weight excluding hydrogens is 292 g/mol. The van der Waals surface area contributed by atoms with Gasteiger partial charge in [-0.2, -0.15) is 0 Å². The lowest BCUT2D eigenvalue weighted by atomic mass is 10.2. The number of quaternary nitrogens is 2. The highest BCUT2D eigenvalue weighted by molar-refractivity contribution is 4.53. The maximum atomic E-state index is 5.48. The molecule has 2 rings (SSSR count). The van der Waals surface area contributed by atoms with E-state index in [4.69, 9.17) is 4.74 Å². The molecule has 0 amide bonds. The smallest absolute Gasteiger partial charge is 0.128 e. The molecule has 0 atom stereocenters. The average molecular weight is 322 g/mol.